The lowest BCUT2D eigenvalue weighted by atomic mass is 10.1. The lowest BCUT2D eigenvalue weighted by Gasteiger charge is -2.17. The van der Waals surface area contributed by atoms with Crippen molar-refractivity contribution in [1.29, 1.82) is 0 Å². The minimum atomic E-state index is 0.523. The van der Waals surface area contributed by atoms with Gasteiger partial charge in [0.15, 0.2) is 0 Å². The van der Waals surface area contributed by atoms with E-state index < -0.39 is 0 Å². The SMILES string of the molecule is CC(C)C(C)NCc1ccc(Oc2ccccc2)cc1. The second-order valence-corrected chi connectivity index (χ2v) is 5.47. The van der Waals surface area contributed by atoms with Crippen molar-refractivity contribution in [2.45, 2.75) is 33.4 Å². The van der Waals surface area contributed by atoms with Crippen molar-refractivity contribution >= 4 is 0 Å². The average molecular weight is 269 g/mol. The summed E-state index contributed by atoms with van der Waals surface area (Å²) in [7, 11) is 0. The topological polar surface area (TPSA) is 21.3 Å². The molecule has 2 nitrogen and oxygen atoms in total. The van der Waals surface area contributed by atoms with E-state index in [0.29, 0.717) is 12.0 Å². The Bertz CT molecular complexity index is 505. The van der Waals surface area contributed by atoms with E-state index in [1.165, 1.54) is 5.56 Å². The molecule has 2 aromatic carbocycles. The molecule has 1 unspecified atom stereocenters. The van der Waals surface area contributed by atoms with Crippen molar-refractivity contribution < 1.29 is 4.74 Å². The highest BCUT2D eigenvalue weighted by Gasteiger charge is 2.05. The van der Waals surface area contributed by atoms with Crippen LogP contribution in [-0.4, -0.2) is 6.04 Å². The number of benzene rings is 2. The molecular formula is C18H23NO. The molecular weight excluding hydrogens is 246 g/mol. The van der Waals surface area contributed by atoms with Gasteiger partial charge in [0.1, 0.15) is 11.5 Å². The lowest BCUT2D eigenvalue weighted by molar-refractivity contribution is 0.426. The van der Waals surface area contributed by atoms with Gasteiger partial charge in [-0.1, -0.05) is 44.2 Å². The number of hydrogen-bond donors (Lipinski definition) is 1. The molecule has 1 atom stereocenters. The summed E-state index contributed by atoms with van der Waals surface area (Å²) < 4.78 is 5.78. The molecule has 0 aliphatic rings. The molecule has 0 fully saturated rings. The molecule has 20 heavy (non-hydrogen) atoms. The molecule has 2 aromatic rings. The highest BCUT2D eigenvalue weighted by atomic mass is 16.5. The third-order valence-corrected chi connectivity index (χ3v) is 3.53. The van der Waals surface area contributed by atoms with Gasteiger partial charge in [0.2, 0.25) is 0 Å². The molecule has 0 aromatic heterocycles. The Balaban J connectivity index is 1.90. The molecule has 0 bridgehead atoms. The molecule has 0 heterocycles. The van der Waals surface area contributed by atoms with E-state index in [1.807, 2.05) is 42.5 Å². The summed E-state index contributed by atoms with van der Waals surface area (Å²) in [4.78, 5) is 0. The van der Waals surface area contributed by atoms with Gasteiger partial charge in [-0.2, -0.15) is 0 Å². The van der Waals surface area contributed by atoms with Crippen molar-refractivity contribution in [1.82, 2.24) is 5.32 Å². The average Bonchev–Trinajstić information content (AvgIpc) is 2.47. The summed E-state index contributed by atoms with van der Waals surface area (Å²) in [6, 6.07) is 18.6. The van der Waals surface area contributed by atoms with Crippen LogP contribution in [0.1, 0.15) is 26.3 Å². The van der Waals surface area contributed by atoms with Crippen molar-refractivity contribution in [3.63, 3.8) is 0 Å². The Morgan fingerprint density at radius 1 is 0.850 bits per heavy atom. The van der Waals surface area contributed by atoms with Gasteiger partial charge in [-0.15, -0.1) is 0 Å². The van der Waals surface area contributed by atoms with E-state index in [1.54, 1.807) is 0 Å². The number of para-hydroxylation sites is 1. The van der Waals surface area contributed by atoms with Crippen LogP contribution in [0.25, 0.3) is 0 Å². The van der Waals surface area contributed by atoms with Gasteiger partial charge in [0, 0.05) is 12.6 Å². The smallest absolute Gasteiger partial charge is 0.127 e. The number of rotatable bonds is 6. The summed E-state index contributed by atoms with van der Waals surface area (Å²) in [6.45, 7) is 7.57. The third-order valence-electron chi connectivity index (χ3n) is 3.53. The Morgan fingerprint density at radius 2 is 1.45 bits per heavy atom. The molecule has 106 valence electrons. The second-order valence-electron chi connectivity index (χ2n) is 5.47. The van der Waals surface area contributed by atoms with Gasteiger partial charge >= 0.3 is 0 Å². The fourth-order valence-electron chi connectivity index (χ4n) is 1.81. The maximum absolute atomic E-state index is 5.78. The molecule has 0 aliphatic heterocycles. The van der Waals surface area contributed by atoms with Crippen LogP contribution < -0.4 is 10.1 Å². The predicted molar refractivity (Wildman–Crippen MR) is 84.1 cm³/mol. The first-order chi connectivity index (χ1) is 9.65. The molecule has 0 saturated carbocycles. The second kappa shape index (κ2) is 7.11. The quantitative estimate of drug-likeness (QED) is 0.826. The Kier molecular flexibility index (Phi) is 5.19. The molecule has 0 amide bonds. The highest BCUT2D eigenvalue weighted by Crippen LogP contribution is 2.21. The Hall–Kier alpha value is -1.80. The zero-order chi connectivity index (χ0) is 14.4. The summed E-state index contributed by atoms with van der Waals surface area (Å²) in [5.41, 5.74) is 1.28. The van der Waals surface area contributed by atoms with Crippen LogP contribution in [0.15, 0.2) is 54.6 Å². The maximum atomic E-state index is 5.78. The first kappa shape index (κ1) is 14.6. The van der Waals surface area contributed by atoms with Gasteiger partial charge in [0.25, 0.3) is 0 Å². The van der Waals surface area contributed by atoms with E-state index in [-0.39, 0.29) is 0 Å². The first-order valence-corrected chi connectivity index (χ1v) is 7.20. The molecule has 0 spiro atoms. The minimum absolute atomic E-state index is 0.523. The minimum Gasteiger partial charge on any atom is -0.457 e. The van der Waals surface area contributed by atoms with Gasteiger partial charge in [-0.25, -0.2) is 0 Å². The molecule has 2 rings (SSSR count). The van der Waals surface area contributed by atoms with Gasteiger partial charge < -0.3 is 10.1 Å². The summed E-state index contributed by atoms with van der Waals surface area (Å²) in [6.07, 6.45) is 0. The lowest BCUT2D eigenvalue weighted by Crippen LogP contribution is -2.30. The van der Waals surface area contributed by atoms with Crippen LogP contribution in [-0.2, 0) is 6.54 Å². The van der Waals surface area contributed by atoms with E-state index >= 15 is 0 Å². The fourth-order valence-corrected chi connectivity index (χ4v) is 1.81. The first-order valence-electron chi connectivity index (χ1n) is 7.20. The molecule has 1 N–H and O–H groups in total. The monoisotopic (exact) mass is 269 g/mol. The molecule has 0 radical (unpaired) electrons. The largest absolute Gasteiger partial charge is 0.457 e. The zero-order valence-corrected chi connectivity index (χ0v) is 12.5. The molecule has 0 aliphatic carbocycles. The maximum Gasteiger partial charge on any atom is 0.127 e. The van der Waals surface area contributed by atoms with Crippen molar-refractivity contribution in [3.05, 3.63) is 60.2 Å². The van der Waals surface area contributed by atoms with Crippen LogP contribution in [0.3, 0.4) is 0 Å². The number of hydrogen-bond acceptors (Lipinski definition) is 2. The summed E-state index contributed by atoms with van der Waals surface area (Å²) in [5.74, 6) is 2.39. The van der Waals surface area contributed by atoms with Crippen LogP contribution in [0, 0.1) is 5.92 Å². The standard InChI is InChI=1S/C18H23NO/c1-14(2)15(3)19-13-16-9-11-18(12-10-16)20-17-7-5-4-6-8-17/h4-12,14-15,19H,13H2,1-3H3. The predicted octanol–water partition coefficient (Wildman–Crippen LogP) is 4.61. The van der Waals surface area contributed by atoms with Gasteiger partial charge in [0.05, 0.1) is 0 Å². The van der Waals surface area contributed by atoms with Crippen molar-refractivity contribution in [2.75, 3.05) is 0 Å². The van der Waals surface area contributed by atoms with Crippen LogP contribution in [0.5, 0.6) is 11.5 Å². The summed E-state index contributed by atoms with van der Waals surface area (Å²) >= 11 is 0. The van der Waals surface area contributed by atoms with Crippen molar-refractivity contribution in [2.24, 2.45) is 5.92 Å². The molecule has 2 heteroatoms. The van der Waals surface area contributed by atoms with Gasteiger partial charge in [-0.05, 0) is 42.7 Å². The van der Waals surface area contributed by atoms with Crippen LogP contribution in [0.2, 0.25) is 0 Å². The Labute approximate surface area is 121 Å². The van der Waals surface area contributed by atoms with Crippen molar-refractivity contribution in [3.8, 4) is 11.5 Å². The van der Waals surface area contributed by atoms with E-state index in [4.69, 9.17) is 4.74 Å². The number of nitrogens with one attached hydrogen (secondary N) is 1. The van der Waals surface area contributed by atoms with Crippen LogP contribution in [0.4, 0.5) is 0 Å². The van der Waals surface area contributed by atoms with E-state index in [2.05, 4.69) is 38.2 Å². The van der Waals surface area contributed by atoms with Gasteiger partial charge in [-0.3, -0.25) is 0 Å². The number of ether oxygens (including phenoxy) is 1. The zero-order valence-electron chi connectivity index (χ0n) is 12.5. The van der Waals surface area contributed by atoms with E-state index in [9.17, 15) is 0 Å². The normalized spacial score (nSPS) is 12.4. The molecule has 0 saturated heterocycles. The fraction of sp³-hybridized carbons (Fsp3) is 0.333. The highest BCUT2D eigenvalue weighted by molar-refractivity contribution is 5.32. The van der Waals surface area contributed by atoms with E-state index in [0.717, 1.165) is 18.0 Å². The van der Waals surface area contributed by atoms with Crippen LogP contribution >= 0.6 is 0 Å². The summed E-state index contributed by atoms with van der Waals surface area (Å²) in [5, 5.41) is 3.53. The Morgan fingerprint density at radius 3 is 2.05 bits per heavy atom. The third kappa shape index (κ3) is 4.39.